The van der Waals surface area contributed by atoms with Crippen molar-refractivity contribution in [2.75, 3.05) is 13.2 Å². The second kappa shape index (κ2) is 9.71. The molecule has 0 heterocycles. The third-order valence-corrected chi connectivity index (χ3v) is 3.91. The molecule has 27 heavy (non-hydrogen) atoms. The number of benzene rings is 2. The summed E-state index contributed by atoms with van der Waals surface area (Å²) in [5.41, 5.74) is 1.44. The van der Waals surface area contributed by atoms with E-state index in [0.29, 0.717) is 5.56 Å². The third-order valence-electron chi connectivity index (χ3n) is 3.91. The highest BCUT2D eigenvalue weighted by Gasteiger charge is 2.26. The fraction of sp³-hybridized carbons (Fsp3) is 0.333. The molecule has 1 atom stereocenters. The van der Waals surface area contributed by atoms with Gasteiger partial charge in [0.25, 0.3) is 5.91 Å². The fourth-order valence-corrected chi connectivity index (χ4v) is 2.45. The monoisotopic (exact) mass is 373 g/mol. The first kappa shape index (κ1) is 20.4. The Hall–Kier alpha value is -2.89. The average molecular weight is 373 g/mol. The van der Waals surface area contributed by atoms with Crippen molar-refractivity contribution in [1.29, 1.82) is 0 Å². The summed E-state index contributed by atoms with van der Waals surface area (Å²) in [6.45, 7) is 5.50. The minimum absolute atomic E-state index is 0.0172. The SMILES string of the molecule is Cc1cccc(C(=O)NC(C(=O)OCCOc2ccccc2F)C(C)C)c1. The van der Waals surface area contributed by atoms with Gasteiger partial charge in [-0.3, -0.25) is 4.79 Å². The maximum absolute atomic E-state index is 13.5. The van der Waals surface area contributed by atoms with E-state index in [-0.39, 0.29) is 30.8 Å². The molecule has 0 saturated carbocycles. The molecule has 1 unspecified atom stereocenters. The molecule has 0 radical (unpaired) electrons. The van der Waals surface area contributed by atoms with E-state index in [4.69, 9.17) is 9.47 Å². The van der Waals surface area contributed by atoms with E-state index in [1.54, 1.807) is 30.3 Å². The lowest BCUT2D eigenvalue weighted by molar-refractivity contribution is -0.147. The Balaban J connectivity index is 1.87. The van der Waals surface area contributed by atoms with Crippen molar-refractivity contribution >= 4 is 11.9 Å². The lowest BCUT2D eigenvalue weighted by Gasteiger charge is -2.21. The van der Waals surface area contributed by atoms with Crippen LogP contribution in [0.2, 0.25) is 0 Å². The first-order valence-corrected chi connectivity index (χ1v) is 8.80. The van der Waals surface area contributed by atoms with Gasteiger partial charge in [0.2, 0.25) is 0 Å². The van der Waals surface area contributed by atoms with Gasteiger partial charge in [-0.1, -0.05) is 43.7 Å². The summed E-state index contributed by atoms with van der Waals surface area (Å²) < 4.78 is 23.9. The minimum Gasteiger partial charge on any atom is -0.487 e. The molecule has 144 valence electrons. The van der Waals surface area contributed by atoms with E-state index in [2.05, 4.69) is 5.32 Å². The number of aryl methyl sites for hydroxylation is 1. The molecule has 1 amide bonds. The van der Waals surface area contributed by atoms with Crippen LogP contribution in [0.25, 0.3) is 0 Å². The summed E-state index contributed by atoms with van der Waals surface area (Å²) >= 11 is 0. The summed E-state index contributed by atoms with van der Waals surface area (Å²) in [7, 11) is 0. The number of ether oxygens (including phenoxy) is 2. The van der Waals surface area contributed by atoms with Crippen LogP contribution in [0.15, 0.2) is 48.5 Å². The second-order valence-corrected chi connectivity index (χ2v) is 6.51. The van der Waals surface area contributed by atoms with Crippen LogP contribution in [0.1, 0.15) is 29.8 Å². The fourth-order valence-electron chi connectivity index (χ4n) is 2.45. The van der Waals surface area contributed by atoms with Crippen molar-refractivity contribution in [2.45, 2.75) is 26.8 Å². The Morgan fingerprint density at radius 3 is 2.48 bits per heavy atom. The number of hydrogen-bond acceptors (Lipinski definition) is 4. The highest BCUT2D eigenvalue weighted by Crippen LogP contribution is 2.15. The van der Waals surface area contributed by atoms with Crippen molar-refractivity contribution in [1.82, 2.24) is 5.32 Å². The van der Waals surface area contributed by atoms with E-state index >= 15 is 0 Å². The topological polar surface area (TPSA) is 64.6 Å². The van der Waals surface area contributed by atoms with E-state index in [9.17, 15) is 14.0 Å². The standard InChI is InChI=1S/C21H24FNO4/c1-14(2)19(23-20(24)16-8-6-7-15(3)13-16)21(25)27-12-11-26-18-10-5-4-9-17(18)22/h4-10,13-14,19H,11-12H2,1-3H3,(H,23,24). The summed E-state index contributed by atoms with van der Waals surface area (Å²) in [6.07, 6.45) is 0. The number of para-hydroxylation sites is 1. The van der Waals surface area contributed by atoms with E-state index < -0.39 is 17.8 Å². The lowest BCUT2D eigenvalue weighted by atomic mass is 10.0. The Bertz CT molecular complexity index is 791. The minimum atomic E-state index is -0.786. The highest BCUT2D eigenvalue weighted by atomic mass is 19.1. The molecule has 0 bridgehead atoms. The van der Waals surface area contributed by atoms with Crippen LogP contribution >= 0.6 is 0 Å². The predicted octanol–water partition coefficient (Wildman–Crippen LogP) is 3.51. The Morgan fingerprint density at radius 2 is 1.81 bits per heavy atom. The summed E-state index contributed by atoms with van der Waals surface area (Å²) in [4.78, 5) is 24.7. The zero-order valence-electron chi connectivity index (χ0n) is 15.7. The number of nitrogens with one attached hydrogen (secondary N) is 1. The molecule has 0 aliphatic heterocycles. The van der Waals surface area contributed by atoms with Gasteiger partial charge in [0.05, 0.1) is 0 Å². The number of halogens is 1. The van der Waals surface area contributed by atoms with E-state index in [1.165, 1.54) is 12.1 Å². The zero-order valence-corrected chi connectivity index (χ0v) is 15.7. The Morgan fingerprint density at radius 1 is 1.07 bits per heavy atom. The molecule has 0 fully saturated rings. The second-order valence-electron chi connectivity index (χ2n) is 6.51. The normalized spacial score (nSPS) is 11.7. The van der Waals surface area contributed by atoms with Crippen LogP contribution in [-0.2, 0) is 9.53 Å². The van der Waals surface area contributed by atoms with Gasteiger partial charge in [-0.15, -0.1) is 0 Å². The van der Waals surface area contributed by atoms with Crippen LogP contribution in [0, 0.1) is 18.7 Å². The number of rotatable bonds is 8. The van der Waals surface area contributed by atoms with Crippen LogP contribution < -0.4 is 10.1 Å². The first-order valence-electron chi connectivity index (χ1n) is 8.80. The number of carbonyl (C=O) groups excluding carboxylic acids is 2. The number of carbonyl (C=O) groups is 2. The zero-order chi connectivity index (χ0) is 19.8. The number of hydrogen-bond donors (Lipinski definition) is 1. The van der Waals surface area contributed by atoms with Crippen molar-refractivity contribution in [2.24, 2.45) is 5.92 Å². The molecule has 2 aromatic rings. The summed E-state index contributed by atoms with van der Waals surface area (Å²) in [5, 5.41) is 2.71. The molecule has 0 aliphatic rings. The first-order chi connectivity index (χ1) is 12.9. The quantitative estimate of drug-likeness (QED) is 0.568. The van der Waals surface area contributed by atoms with Gasteiger partial charge in [-0.05, 0) is 37.1 Å². The Labute approximate surface area is 158 Å². The lowest BCUT2D eigenvalue weighted by Crippen LogP contribution is -2.45. The van der Waals surface area contributed by atoms with E-state index in [0.717, 1.165) is 5.56 Å². The molecule has 2 rings (SSSR count). The molecule has 6 heteroatoms. The van der Waals surface area contributed by atoms with Crippen molar-refractivity contribution in [3.8, 4) is 5.75 Å². The maximum Gasteiger partial charge on any atom is 0.329 e. The van der Waals surface area contributed by atoms with Crippen LogP contribution in [0.4, 0.5) is 4.39 Å². The van der Waals surface area contributed by atoms with Gasteiger partial charge in [-0.25, -0.2) is 9.18 Å². The molecule has 0 aromatic heterocycles. The van der Waals surface area contributed by atoms with Gasteiger partial charge in [0.1, 0.15) is 19.3 Å². The molecule has 0 aliphatic carbocycles. The van der Waals surface area contributed by atoms with Gasteiger partial charge in [-0.2, -0.15) is 0 Å². The van der Waals surface area contributed by atoms with Gasteiger partial charge in [0.15, 0.2) is 11.6 Å². The molecule has 0 spiro atoms. The van der Waals surface area contributed by atoms with E-state index in [1.807, 2.05) is 26.8 Å². The summed E-state index contributed by atoms with van der Waals surface area (Å²) in [6, 6.07) is 12.3. The van der Waals surface area contributed by atoms with Gasteiger partial charge in [0, 0.05) is 5.56 Å². The molecular weight excluding hydrogens is 349 g/mol. The largest absolute Gasteiger partial charge is 0.487 e. The van der Waals surface area contributed by atoms with Crippen molar-refractivity contribution < 1.29 is 23.5 Å². The smallest absolute Gasteiger partial charge is 0.329 e. The number of amides is 1. The van der Waals surface area contributed by atoms with Gasteiger partial charge < -0.3 is 14.8 Å². The average Bonchev–Trinajstić information content (AvgIpc) is 2.64. The highest BCUT2D eigenvalue weighted by molar-refractivity contribution is 5.97. The summed E-state index contributed by atoms with van der Waals surface area (Å²) in [5.74, 6) is -1.42. The van der Waals surface area contributed by atoms with Crippen molar-refractivity contribution in [3.05, 3.63) is 65.5 Å². The molecule has 0 saturated heterocycles. The molecule has 5 nitrogen and oxygen atoms in total. The molecular formula is C21H24FNO4. The number of esters is 1. The molecule has 1 N–H and O–H groups in total. The Kier molecular flexibility index (Phi) is 7.34. The van der Waals surface area contributed by atoms with Crippen LogP contribution in [0.3, 0.4) is 0 Å². The van der Waals surface area contributed by atoms with Crippen LogP contribution in [-0.4, -0.2) is 31.1 Å². The molecule has 2 aromatic carbocycles. The van der Waals surface area contributed by atoms with Crippen molar-refractivity contribution in [3.63, 3.8) is 0 Å². The predicted molar refractivity (Wildman–Crippen MR) is 100 cm³/mol. The third kappa shape index (κ3) is 6.09. The maximum atomic E-state index is 13.5. The van der Waals surface area contributed by atoms with Crippen LogP contribution in [0.5, 0.6) is 5.75 Å². The van der Waals surface area contributed by atoms with Gasteiger partial charge >= 0.3 is 5.97 Å².